The van der Waals surface area contributed by atoms with Crippen LogP contribution in [0, 0.1) is 5.41 Å². The molecule has 1 aliphatic rings. The smallest absolute Gasteiger partial charge is 0.342 e. The van der Waals surface area contributed by atoms with Gasteiger partial charge < -0.3 is 9.47 Å². The highest BCUT2D eigenvalue weighted by atomic mass is 16.8. The van der Waals surface area contributed by atoms with E-state index in [1.54, 1.807) is 0 Å². The van der Waals surface area contributed by atoms with E-state index >= 15 is 0 Å². The van der Waals surface area contributed by atoms with Gasteiger partial charge >= 0.3 is 5.97 Å². The van der Waals surface area contributed by atoms with E-state index < -0.39 is 11.9 Å². The highest BCUT2D eigenvalue weighted by Gasteiger charge is 2.52. The summed E-state index contributed by atoms with van der Waals surface area (Å²) >= 11 is 0. The standard InChI is InChI=1S/C14H18O3/c1-13(2,3)14(4)16-11(12(15)17-14)10-8-6-5-7-9-10/h5-9,11H,1-4H3/t11-,14+/m1/s1. The van der Waals surface area contributed by atoms with Crippen LogP contribution in [-0.2, 0) is 14.3 Å². The van der Waals surface area contributed by atoms with E-state index in [2.05, 4.69) is 0 Å². The highest BCUT2D eigenvalue weighted by Crippen LogP contribution is 2.44. The van der Waals surface area contributed by atoms with Gasteiger partial charge in [0, 0.05) is 12.3 Å². The Morgan fingerprint density at radius 2 is 1.76 bits per heavy atom. The molecule has 2 rings (SSSR count). The molecular formula is C14H18O3. The van der Waals surface area contributed by atoms with E-state index in [0.717, 1.165) is 5.56 Å². The largest absolute Gasteiger partial charge is 0.431 e. The van der Waals surface area contributed by atoms with Crippen molar-refractivity contribution in [1.29, 1.82) is 0 Å². The molecule has 0 radical (unpaired) electrons. The molecule has 0 N–H and O–H groups in total. The van der Waals surface area contributed by atoms with Crippen LogP contribution in [0.2, 0.25) is 0 Å². The Labute approximate surface area is 102 Å². The molecule has 0 aromatic heterocycles. The summed E-state index contributed by atoms with van der Waals surface area (Å²) in [5.74, 6) is -1.18. The molecular weight excluding hydrogens is 216 g/mol. The fraction of sp³-hybridized carbons (Fsp3) is 0.500. The van der Waals surface area contributed by atoms with Crippen molar-refractivity contribution in [2.75, 3.05) is 0 Å². The summed E-state index contributed by atoms with van der Waals surface area (Å²) in [6.45, 7) is 7.79. The van der Waals surface area contributed by atoms with E-state index in [4.69, 9.17) is 9.47 Å². The van der Waals surface area contributed by atoms with Crippen molar-refractivity contribution in [3.8, 4) is 0 Å². The van der Waals surface area contributed by atoms with Crippen molar-refractivity contribution in [2.45, 2.75) is 39.6 Å². The Balaban J connectivity index is 2.28. The Hall–Kier alpha value is -1.35. The van der Waals surface area contributed by atoms with E-state index in [1.165, 1.54) is 0 Å². The first-order valence-corrected chi connectivity index (χ1v) is 5.79. The Morgan fingerprint density at radius 1 is 1.18 bits per heavy atom. The summed E-state index contributed by atoms with van der Waals surface area (Å²) in [6, 6.07) is 9.44. The number of ether oxygens (including phenoxy) is 2. The summed E-state index contributed by atoms with van der Waals surface area (Å²) < 4.78 is 11.3. The molecule has 0 unspecified atom stereocenters. The molecule has 1 heterocycles. The van der Waals surface area contributed by atoms with Gasteiger partial charge in [-0.2, -0.15) is 0 Å². The molecule has 3 heteroatoms. The average Bonchev–Trinajstić information content (AvgIpc) is 2.56. The molecule has 0 saturated carbocycles. The molecule has 17 heavy (non-hydrogen) atoms. The highest BCUT2D eigenvalue weighted by molar-refractivity contribution is 5.78. The first kappa shape index (κ1) is 12.1. The Kier molecular flexibility index (Phi) is 2.74. The molecule has 92 valence electrons. The van der Waals surface area contributed by atoms with E-state index in [1.807, 2.05) is 58.0 Å². The molecule has 0 spiro atoms. The maximum absolute atomic E-state index is 11.9. The molecule has 2 atom stereocenters. The lowest BCUT2D eigenvalue weighted by molar-refractivity contribution is -0.218. The zero-order valence-electron chi connectivity index (χ0n) is 10.7. The van der Waals surface area contributed by atoms with Gasteiger partial charge in [-0.3, -0.25) is 0 Å². The lowest BCUT2D eigenvalue weighted by Gasteiger charge is -2.35. The molecule has 3 nitrogen and oxygen atoms in total. The molecule has 1 aromatic rings. The van der Waals surface area contributed by atoms with Crippen LogP contribution in [0.3, 0.4) is 0 Å². The van der Waals surface area contributed by atoms with Gasteiger partial charge in [-0.1, -0.05) is 51.1 Å². The molecule has 1 saturated heterocycles. The monoisotopic (exact) mass is 234 g/mol. The van der Waals surface area contributed by atoms with Crippen LogP contribution in [0.4, 0.5) is 0 Å². The minimum atomic E-state index is -0.870. The second-order valence-corrected chi connectivity index (χ2v) is 5.53. The molecule has 0 amide bonds. The maximum Gasteiger partial charge on any atom is 0.342 e. The molecule has 0 bridgehead atoms. The van der Waals surface area contributed by atoms with Crippen LogP contribution in [-0.4, -0.2) is 11.8 Å². The average molecular weight is 234 g/mol. The van der Waals surface area contributed by atoms with Crippen LogP contribution in [0.5, 0.6) is 0 Å². The number of benzene rings is 1. The van der Waals surface area contributed by atoms with Crippen molar-refractivity contribution in [3.63, 3.8) is 0 Å². The van der Waals surface area contributed by atoms with Gasteiger partial charge in [-0.25, -0.2) is 4.79 Å². The van der Waals surface area contributed by atoms with Crippen LogP contribution in [0.1, 0.15) is 39.4 Å². The van der Waals surface area contributed by atoms with Crippen LogP contribution < -0.4 is 0 Å². The third-order valence-electron chi connectivity index (χ3n) is 3.32. The predicted octanol–water partition coefficient (Wildman–Crippen LogP) is 3.06. The first-order chi connectivity index (χ1) is 7.83. The summed E-state index contributed by atoms with van der Waals surface area (Å²) in [6.07, 6.45) is -0.611. The molecule has 1 fully saturated rings. The lowest BCUT2D eigenvalue weighted by Crippen LogP contribution is -2.41. The summed E-state index contributed by atoms with van der Waals surface area (Å²) in [4.78, 5) is 11.9. The number of hydrogen-bond donors (Lipinski definition) is 0. The van der Waals surface area contributed by atoms with Gasteiger partial charge in [0.05, 0.1) is 0 Å². The van der Waals surface area contributed by atoms with Crippen LogP contribution in [0.15, 0.2) is 30.3 Å². The minimum Gasteiger partial charge on any atom is -0.431 e. The maximum atomic E-state index is 11.9. The normalized spacial score (nSPS) is 29.2. The Morgan fingerprint density at radius 3 is 2.24 bits per heavy atom. The number of carbonyl (C=O) groups excluding carboxylic acids is 1. The zero-order chi connectivity index (χ0) is 12.7. The second kappa shape index (κ2) is 3.84. The first-order valence-electron chi connectivity index (χ1n) is 5.79. The van der Waals surface area contributed by atoms with Gasteiger partial charge in [0.25, 0.3) is 0 Å². The zero-order valence-corrected chi connectivity index (χ0v) is 10.7. The third kappa shape index (κ3) is 2.07. The molecule has 0 aliphatic carbocycles. The Bertz CT molecular complexity index is 419. The number of rotatable bonds is 1. The van der Waals surface area contributed by atoms with Crippen molar-refractivity contribution >= 4 is 5.97 Å². The van der Waals surface area contributed by atoms with Crippen molar-refractivity contribution in [2.24, 2.45) is 5.41 Å². The number of hydrogen-bond acceptors (Lipinski definition) is 3. The summed E-state index contributed by atoms with van der Waals surface area (Å²) in [5, 5.41) is 0. The van der Waals surface area contributed by atoms with Crippen molar-refractivity contribution in [1.82, 2.24) is 0 Å². The summed E-state index contributed by atoms with van der Waals surface area (Å²) in [5.41, 5.74) is 0.581. The van der Waals surface area contributed by atoms with Gasteiger partial charge in [-0.15, -0.1) is 0 Å². The van der Waals surface area contributed by atoms with Gasteiger partial charge in [0.15, 0.2) is 6.10 Å². The van der Waals surface area contributed by atoms with Gasteiger partial charge in [-0.05, 0) is 5.56 Å². The predicted molar refractivity (Wildman–Crippen MR) is 64.2 cm³/mol. The topological polar surface area (TPSA) is 35.5 Å². The quantitative estimate of drug-likeness (QED) is 0.700. The summed E-state index contributed by atoms with van der Waals surface area (Å²) in [7, 11) is 0. The van der Waals surface area contributed by atoms with Crippen molar-refractivity contribution in [3.05, 3.63) is 35.9 Å². The van der Waals surface area contributed by atoms with Gasteiger partial charge in [0.1, 0.15) is 0 Å². The second-order valence-electron chi connectivity index (χ2n) is 5.53. The van der Waals surface area contributed by atoms with E-state index in [9.17, 15) is 4.79 Å². The SMILES string of the molecule is CC(C)(C)[C@]1(C)OC(=O)[C@@H](c2ccccc2)O1. The van der Waals surface area contributed by atoms with Crippen molar-refractivity contribution < 1.29 is 14.3 Å². The fourth-order valence-corrected chi connectivity index (χ4v) is 1.70. The molecule has 1 aliphatic heterocycles. The fourth-order valence-electron chi connectivity index (χ4n) is 1.70. The third-order valence-corrected chi connectivity index (χ3v) is 3.32. The van der Waals surface area contributed by atoms with E-state index in [-0.39, 0.29) is 11.4 Å². The van der Waals surface area contributed by atoms with Crippen LogP contribution in [0.25, 0.3) is 0 Å². The van der Waals surface area contributed by atoms with E-state index in [0.29, 0.717) is 0 Å². The lowest BCUT2D eigenvalue weighted by atomic mass is 9.87. The number of cyclic esters (lactones) is 1. The minimum absolute atomic E-state index is 0.258. The number of carbonyl (C=O) groups is 1. The molecule has 1 aromatic carbocycles. The number of esters is 1. The van der Waals surface area contributed by atoms with Crippen LogP contribution >= 0.6 is 0 Å². The van der Waals surface area contributed by atoms with Gasteiger partial charge in [0.2, 0.25) is 5.79 Å².